The van der Waals surface area contributed by atoms with Crippen LogP contribution in [0, 0.1) is 4.77 Å². The van der Waals surface area contributed by atoms with Crippen LogP contribution in [-0.4, -0.2) is 15.0 Å². The third kappa shape index (κ3) is 1.51. The zero-order valence-electron chi connectivity index (χ0n) is 10.3. The minimum absolute atomic E-state index is 0.232. The van der Waals surface area contributed by atoms with Gasteiger partial charge in [0.25, 0.3) is 5.56 Å². The lowest BCUT2D eigenvalue weighted by molar-refractivity contribution is 0.302. The van der Waals surface area contributed by atoms with E-state index >= 15 is 0 Å². The molecule has 0 unspecified atom stereocenters. The van der Waals surface area contributed by atoms with Crippen molar-refractivity contribution in [2.45, 2.75) is 6.61 Å². The molecule has 1 aromatic carbocycles. The Kier molecular flexibility index (Phi) is 2.28. The molecule has 0 amide bonds. The molecule has 4 rings (SSSR count). The van der Waals surface area contributed by atoms with Crippen LogP contribution >= 0.6 is 12.2 Å². The highest BCUT2D eigenvalue weighted by Gasteiger charge is 2.21. The second kappa shape index (κ2) is 4.01. The number of H-pyrrole nitrogens is 2. The fourth-order valence-corrected chi connectivity index (χ4v) is 2.73. The van der Waals surface area contributed by atoms with Gasteiger partial charge in [-0.05, 0) is 18.3 Å². The largest absolute Gasteiger partial charge is 0.488 e. The van der Waals surface area contributed by atoms with Crippen molar-refractivity contribution in [1.82, 2.24) is 15.0 Å². The number of fused-ring (bicyclic) bond motifs is 5. The molecule has 0 fully saturated rings. The van der Waals surface area contributed by atoms with E-state index in [2.05, 4.69) is 15.0 Å². The Morgan fingerprint density at radius 3 is 3.00 bits per heavy atom. The second-order valence-electron chi connectivity index (χ2n) is 4.58. The number of para-hydroxylation sites is 1. The van der Waals surface area contributed by atoms with Crippen molar-refractivity contribution in [3.8, 4) is 16.9 Å². The number of nitrogens with zero attached hydrogens (tertiary/aromatic N) is 1. The Hall–Kier alpha value is -2.47. The zero-order chi connectivity index (χ0) is 13.7. The lowest BCUT2D eigenvalue weighted by Gasteiger charge is -2.21. The lowest BCUT2D eigenvalue weighted by Crippen LogP contribution is -2.14. The number of aromatic nitrogens is 3. The summed E-state index contributed by atoms with van der Waals surface area (Å²) in [7, 11) is 0. The van der Waals surface area contributed by atoms with E-state index in [1.807, 2.05) is 24.3 Å². The molecular weight excluding hydrogens is 274 g/mol. The minimum Gasteiger partial charge on any atom is -0.488 e. The summed E-state index contributed by atoms with van der Waals surface area (Å²) >= 11 is 4.98. The third-order valence-corrected chi connectivity index (χ3v) is 3.59. The summed E-state index contributed by atoms with van der Waals surface area (Å²) in [5, 5.41) is 0.520. The van der Waals surface area contributed by atoms with E-state index in [0.29, 0.717) is 17.6 Å². The van der Waals surface area contributed by atoms with Crippen LogP contribution in [-0.2, 0) is 6.61 Å². The van der Waals surface area contributed by atoms with Crippen molar-refractivity contribution >= 4 is 23.3 Å². The molecule has 0 bridgehead atoms. The quantitative estimate of drug-likeness (QED) is 0.622. The summed E-state index contributed by atoms with van der Waals surface area (Å²) < 4.78 is 5.95. The van der Waals surface area contributed by atoms with Crippen molar-refractivity contribution in [3.63, 3.8) is 0 Å². The number of rotatable bonds is 0. The first kappa shape index (κ1) is 11.4. The summed E-state index contributed by atoms with van der Waals surface area (Å²) in [4.78, 5) is 22.1. The van der Waals surface area contributed by atoms with E-state index in [1.54, 1.807) is 6.20 Å². The second-order valence-corrected chi connectivity index (χ2v) is 4.98. The molecule has 20 heavy (non-hydrogen) atoms. The van der Waals surface area contributed by atoms with E-state index in [-0.39, 0.29) is 10.3 Å². The van der Waals surface area contributed by atoms with E-state index in [9.17, 15) is 4.79 Å². The smallest absolute Gasteiger partial charge is 0.261 e. The molecule has 3 aromatic rings. The van der Waals surface area contributed by atoms with Crippen LogP contribution in [0.3, 0.4) is 0 Å². The van der Waals surface area contributed by atoms with Gasteiger partial charge in [0, 0.05) is 22.9 Å². The fourth-order valence-electron chi connectivity index (χ4n) is 2.54. The predicted molar refractivity (Wildman–Crippen MR) is 77.3 cm³/mol. The number of nitrogens with one attached hydrogen (secondary N) is 2. The standard InChI is InChI=1S/C14H9N3O2S/c18-13-11-10-7(5-15-12(11)16-14(20)17-13)6-19-9-4-2-1-3-8(9)10/h1-5H,6H2,(H2,15,16,17,18,20). The molecule has 1 aliphatic heterocycles. The molecule has 2 N–H and O–H groups in total. The molecule has 0 aliphatic carbocycles. The molecule has 6 heteroatoms. The third-order valence-electron chi connectivity index (χ3n) is 3.38. The maximum absolute atomic E-state index is 12.3. The molecule has 3 heterocycles. The van der Waals surface area contributed by atoms with Crippen LogP contribution in [0.5, 0.6) is 5.75 Å². The number of hydrogen-bond donors (Lipinski definition) is 2. The SMILES string of the molecule is O=c1[nH]c(=S)[nH]c2ncc3c(c12)-c1ccccc1OC3. The van der Waals surface area contributed by atoms with E-state index in [0.717, 1.165) is 22.4 Å². The molecule has 1 aliphatic rings. The lowest BCUT2D eigenvalue weighted by atomic mass is 9.96. The average Bonchev–Trinajstić information content (AvgIpc) is 2.46. The molecule has 98 valence electrons. The van der Waals surface area contributed by atoms with Crippen LogP contribution in [0.2, 0.25) is 0 Å². The molecule has 2 aromatic heterocycles. The van der Waals surface area contributed by atoms with Gasteiger partial charge in [-0.25, -0.2) is 4.98 Å². The van der Waals surface area contributed by atoms with Crippen LogP contribution in [0.25, 0.3) is 22.2 Å². The molecule has 0 saturated carbocycles. The van der Waals surface area contributed by atoms with Gasteiger partial charge in [-0.3, -0.25) is 9.78 Å². The van der Waals surface area contributed by atoms with Gasteiger partial charge in [-0.15, -0.1) is 0 Å². The molecule has 0 atom stereocenters. The van der Waals surface area contributed by atoms with Crippen molar-refractivity contribution in [2.24, 2.45) is 0 Å². The van der Waals surface area contributed by atoms with Gasteiger partial charge in [0.2, 0.25) is 0 Å². The summed E-state index contributed by atoms with van der Waals surface area (Å²) in [6.07, 6.45) is 1.72. The number of benzene rings is 1. The Balaban J connectivity index is 2.23. The first-order valence-electron chi connectivity index (χ1n) is 6.10. The summed E-state index contributed by atoms with van der Waals surface area (Å²) in [5.74, 6) is 0.773. The summed E-state index contributed by atoms with van der Waals surface area (Å²) in [6.45, 7) is 0.407. The maximum Gasteiger partial charge on any atom is 0.261 e. The number of pyridine rings is 1. The number of aromatic amines is 2. The van der Waals surface area contributed by atoms with Crippen molar-refractivity contribution < 1.29 is 4.74 Å². The minimum atomic E-state index is -0.232. The van der Waals surface area contributed by atoms with E-state index in [4.69, 9.17) is 17.0 Å². The van der Waals surface area contributed by atoms with Crippen LogP contribution in [0.15, 0.2) is 35.3 Å². The zero-order valence-corrected chi connectivity index (χ0v) is 11.1. The summed E-state index contributed by atoms with van der Waals surface area (Å²) in [6, 6.07) is 7.66. The normalized spacial score (nSPS) is 12.6. The van der Waals surface area contributed by atoms with Gasteiger partial charge in [0.15, 0.2) is 4.77 Å². The Labute approximate surface area is 118 Å². The maximum atomic E-state index is 12.3. The Morgan fingerprint density at radius 2 is 2.10 bits per heavy atom. The van der Waals surface area contributed by atoms with E-state index in [1.165, 1.54) is 0 Å². The van der Waals surface area contributed by atoms with Gasteiger partial charge < -0.3 is 9.72 Å². The Morgan fingerprint density at radius 1 is 1.25 bits per heavy atom. The first-order chi connectivity index (χ1) is 9.74. The molecule has 0 radical (unpaired) electrons. The molecule has 0 spiro atoms. The highest BCUT2D eigenvalue weighted by atomic mass is 32.1. The van der Waals surface area contributed by atoms with Gasteiger partial charge >= 0.3 is 0 Å². The number of hydrogen-bond acceptors (Lipinski definition) is 4. The van der Waals surface area contributed by atoms with Gasteiger partial charge in [0.1, 0.15) is 18.0 Å². The Bertz CT molecular complexity index is 959. The average molecular weight is 283 g/mol. The highest BCUT2D eigenvalue weighted by molar-refractivity contribution is 7.71. The molecule has 5 nitrogen and oxygen atoms in total. The van der Waals surface area contributed by atoms with Crippen molar-refractivity contribution in [1.29, 1.82) is 0 Å². The van der Waals surface area contributed by atoms with Crippen molar-refractivity contribution in [2.75, 3.05) is 0 Å². The van der Waals surface area contributed by atoms with E-state index < -0.39 is 0 Å². The highest BCUT2D eigenvalue weighted by Crippen LogP contribution is 2.39. The fraction of sp³-hybridized carbons (Fsp3) is 0.0714. The predicted octanol–water partition coefficient (Wildman–Crippen LogP) is 2.54. The van der Waals surface area contributed by atoms with Gasteiger partial charge in [-0.2, -0.15) is 0 Å². The summed E-state index contributed by atoms with van der Waals surface area (Å²) in [5.41, 5.74) is 2.92. The van der Waals surface area contributed by atoms with Crippen LogP contribution < -0.4 is 10.3 Å². The molecular formula is C14H9N3O2S. The molecule has 0 saturated heterocycles. The monoisotopic (exact) mass is 283 g/mol. The van der Waals surface area contributed by atoms with Gasteiger partial charge in [-0.1, -0.05) is 18.2 Å². The van der Waals surface area contributed by atoms with Crippen molar-refractivity contribution in [3.05, 3.63) is 51.2 Å². The van der Waals surface area contributed by atoms with Crippen LogP contribution in [0.1, 0.15) is 5.56 Å². The first-order valence-corrected chi connectivity index (χ1v) is 6.51. The van der Waals surface area contributed by atoms with Gasteiger partial charge in [0.05, 0.1) is 5.39 Å². The van der Waals surface area contributed by atoms with Crippen LogP contribution in [0.4, 0.5) is 0 Å². The number of ether oxygens (including phenoxy) is 1. The topological polar surface area (TPSA) is 70.8 Å².